The molecule has 0 spiro atoms. The van der Waals surface area contributed by atoms with Crippen LogP contribution < -0.4 is 4.74 Å². The third kappa shape index (κ3) is 5.98. The van der Waals surface area contributed by atoms with Gasteiger partial charge in [0.15, 0.2) is 0 Å². The summed E-state index contributed by atoms with van der Waals surface area (Å²) in [6.45, 7) is 2.97. The van der Waals surface area contributed by atoms with Crippen molar-refractivity contribution in [3.8, 4) is 28.7 Å². The number of unbranched alkanes of at least 4 members (excludes halogenated alkanes) is 5. The fourth-order valence-electron chi connectivity index (χ4n) is 2.90. The lowest BCUT2D eigenvalue weighted by atomic mass is 10.1. The van der Waals surface area contributed by atoms with E-state index in [-0.39, 0.29) is 0 Å². The minimum absolute atomic E-state index is 0.378. The van der Waals surface area contributed by atoms with Gasteiger partial charge in [-0.25, -0.2) is 0 Å². The maximum absolute atomic E-state index is 6.04. The molecule has 0 radical (unpaired) electrons. The number of nitrogens with zero attached hydrogens (tertiary/aromatic N) is 2. The van der Waals surface area contributed by atoms with Gasteiger partial charge in [0.1, 0.15) is 5.75 Å². The van der Waals surface area contributed by atoms with Crippen LogP contribution in [0.15, 0.2) is 46.9 Å². The van der Waals surface area contributed by atoms with E-state index in [2.05, 4.69) is 17.1 Å². The van der Waals surface area contributed by atoms with Gasteiger partial charge in [0.25, 0.3) is 0 Å². The Hall–Kier alpha value is -2.04. The second-order valence-corrected chi connectivity index (χ2v) is 7.58. The third-order valence-corrected chi connectivity index (χ3v) is 4.84. The fraction of sp³-hybridized carbons (Fsp3) is 0.364. The monoisotopic (exact) mass is 418 g/mol. The predicted molar refractivity (Wildman–Crippen MR) is 114 cm³/mol. The maximum Gasteiger partial charge on any atom is 0.248 e. The molecule has 0 N–H and O–H groups in total. The van der Waals surface area contributed by atoms with Crippen molar-refractivity contribution >= 4 is 23.2 Å². The lowest BCUT2D eigenvalue weighted by Crippen LogP contribution is -1.97. The molecule has 0 aliphatic carbocycles. The molecule has 0 amide bonds. The summed E-state index contributed by atoms with van der Waals surface area (Å²) in [5, 5.41) is 9.26. The van der Waals surface area contributed by atoms with Gasteiger partial charge in [-0.15, -0.1) is 10.2 Å². The zero-order chi connectivity index (χ0) is 19.8. The van der Waals surface area contributed by atoms with Gasteiger partial charge in [0.2, 0.25) is 11.8 Å². The first-order valence-corrected chi connectivity index (χ1v) is 10.4. The van der Waals surface area contributed by atoms with Crippen LogP contribution >= 0.6 is 23.2 Å². The Kier molecular flexibility index (Phi) is 7.75. The average molecular weight is 419 g/mol. The molecule has 1 aromatic heterocycles. The zero-order valence-electron chi connectivity index (χ0n) is 16.0. The van der Waals surface area contributed by atoms with Gasteiger partial charge in [0, 0.05) is 21.2 Å². The second kappa shape index (κ2) is 10.5. The van der Waals surface area contributed by atoms with Gasteiger partial charge < -0.3 is 9.15 Å². The maximum atomic E-state index is 6.04. The fourth-order valence-corrected chi connectivity index (χ4v) is 3.43. The second-order valence-electron chi connectivity index (χ2n) is 6.71. The van der Waals surface area contributed by atoms with E-state index in [1.54, 1.807) is 18.2 Å². The summed E-state index contributed by atoms with van der Waals surface area (Å²) < 4.78 is 11.6. The zero-order valence-corrected chi connectivity index (χ0v) is 17.5. The first-order valence-electron chi connectivity index (χ1n) is 9.69. The van der Waals surface area contributed by atoms with E-state index in [0.29, 0.717) is 27.4 Å². The van der Waals surface area contributed by atoms with Gasteiger partial charge in [-0.3, -0.25) is 0 Å². The number of rotatable bonds is 10. The molecule has 0 bridgehead atoms. The Balaban J connectivity index is 1.55. The van der Waals surface area contributed by atoms with Crippen LogP contribution in [0.2, 0.25) is 10.0 Å². The number of benzene rings is 2. The van der Waals surface area contributed by atoms with Crippen molar-refractivity contribution in [2.24, 2.45) is 0 Å². The van der Waals surface area contributed by atoms with Gasteiger partial charge in [-0.1, -0.05) is 62.2 Å². The molecule has 3 rings (SSSR count). The highest BCUT2D eigenvalue weighted by molar-refractivity contribution is 6.35. The summed E-state index contributed by atoms with van der Waals surface area (Å²) in [7, 11) is 0. The van der Waals surface area contributed by atoms with E-state index in [1.165, 1.54) is 32.1 Å². The van der Waals surface area contributed by atoms with Crippen LogP contribution in [0.1, 0.15) is 45.4 Å². The highest BCUT2D eigenvalue weighted by Gasteiger charge is 2.12. The molecule has 0 saturated heterocycles. The molecule has 0 atom stereocenters. The van der Waals surface area contributed by atoms with E-state index < -0.39 is 0 Å². The number of aromatic nitrogens is 2. The highest BCUT2D eigenvalue weighted by Crippen LogP contribution is 2.29. The van der Waals surface area contributed by atoms with Crippen molar-refractivity contribution in [2.75, 3.05) is 6.61 Å². The summed E-state index contributed by atoms with van der Waals surface area (Å²) in [4.78, 5) is 0. The molecule has 6 heteroatoms. The Labute approximate surface area is 175 Å². The Morgan fingerprint density at radius 1 is 0.786 bits per heavy atom. The van der Waals surface area contributed by atoms with Gasteiger partial charge in [-0.2, -0.15) is 0 Å². The largest absolute Gasteiger partial charge is 0.494 e. The van der Waals surface area contributed by atoms with Crippen molar-refractivity contribution in [2.45, 2.75) is 45.4 Å². The summed E-state index contributed by atoms with van der Waals surface area (Å²) in [5.74, 6) is 1.66. The van der Waals surface area contributed by atoms with Crippen LogP contribution in [0.3, 0.4) is 0 Å². The van der Waals surface area contributed by atoms with E-state index in [1.807, 2.05) is 24.3 Å². The summed E-state index contributed by atoms with van der Waals surface area (Å²) in [6, 6.07) is 12.8. The van der Waals surface area contributed by atoms with E-state index in [9.17, 15) is 0 Å². The third-order valence-electron chi connectivity index (χ3n) is 4.40. The van der Waals surface area contributed by atoms with E-state index in [0.717, 1.165) is 24.3 Å². The predicted octanol–water partition coefficient (Wildman–Crippen LogP) is 7.45. The normalized spacial score (nSPS) is 11.0. The quantitative estimate of drug-likeness (QED) is 0.320. The van der Waals surface area contributed by atoms with Gasteiger partial charge in [0.05, 0.1) is 6.61 Å². The molecule has 0 fully saturated rings. The molecule has 148 valence electrons. The van der Waals surface area contributed by atoms with Crippen LogP contribution in [0.25, 0.3) is 22.9 Å². The van der Waals surface area contributed by atoms with Crippen molar-refractivity contribution in [3.05, 3.63) is 52.5 Å². The summed E-state index contributed by atoms with van der Waals surface area (Å²) in [5.41, 5.74) is 1.52. The van der Waals surface area contributed by atoms with E-state index in [4.69, 9.17) is 32.4 Å². The first-order chi connectivity index (χ1) is 13.7. The molecule has 2 aromatic carbocycles. The molecule has 0 unspecified atom stereocenters. The summed E-state index contributed by atoms with van der Waals surface area (Å²) in [6.07, 6.45) is 7.50. The number of ether oxygens (including phenoxy) is 1. The van der Waals surface area contributed by atoms with Gasteiger partial charge >= 0.3 is 0 Å². The Bertz CT molecular complexity index is 858. The van der Waals surface area contributed by atoms with Crippen LogP contribution in [0, 0.1) is 0 Å². The first kappa shape index (κ1) is 20.7. The molecule has 28 heavy (non-hydrogen) atoms. The van der Waals surface area contributed by atoms with Crippen molar-refractivity contribution in [1.29, 1.82) is 0 Å². The smallest absolute Gasteiger partial charge is 0.248 e. The molecular formula is C22H24Cl2N2O2. The molecule has 4 nitrogen and oxygen atoms in total. The number of hydrogen-bond acceptors (Lipinski definition) is 4. The number of halogens is 2. The van der Waals surface area contributed by atoms with Crippen LogP contribution in [0.4, 0.5) is 0 Å². The molecule has 1 heterocycles. The SMILES string of the molecule is CCCCCCCCOc1ccc(-c2nnc(-c3cc(Cl)cc(Cl)c3)o2)cc1. The van der Waals surface area contributed by atoms with Crippen LogP contribution in [-0.4, -0.2) is 16.8 Å². The standard InChI is InChI=1S/C22H24Cl2N2O2/c1-2-3-4-5-6-7-12-27-20-10-8-16(9-11-20)21-25-26-22(28-21)17-13-18(23)15-19(24)14-17/h8-11,13-15H,2-7,12H2,1H3. The Morgan fingerprint density at radius 2 is 1.39 bits per heavy atom. The molecule has 3 aromatic rings. The molecular weight excluding hydrogens is 395 g/mol. The average Bonchev–Trinajstić information content (AvgIpc) is 3.17. The number of hydrogen-bond donors (Lipinski definition) is 0. The minimum Gasteiger partial charge on any atom is -0.494 e. The van der Waals surface area contributed by atoms with Crippen molar-refractivity contribution in [3.63, 3.8) is 0 Å². The molecule has 0 saturated carbocycles. The van der Waals surface area contributed by atoms with Crippen LogP contribution in [-0.2, 0) is 0 Å². The molecule has 0 aliphatic heterocycles. The lowest BCUT2D eigenvalue weighted by Gasteiger charge is -2.06. The summed E-state index contributed by atoms with van der Waals surface area (Å²) >= 11 is 12.1. The van der Waals surface area contributed by atoms with Crippen LogP contribution in [0.5, 0.6) is 5.75 Å². The highest BCUT2D eigenvalue weighted by atomic mass is 35.5. The lowest BCUT2D eigenvalue weighted by molar-refractivity contribution is 0.304. The van der Waals surface area contributed by atoms with Crippen molar-refractivity contribution in [1.82, 2.24) is 10.2 Å². The van der Waals surface area contributed by atoms with Gasteiger partial charge in [-0.05, 0) is 48.9 Å². The van der Waals surface area contributed by atoms with E-state index >= 15 is 0 Å². The minimum atomic E-state index is 0.378. The molecule has 0 aliphatic rings. The topological polar surface area (TPSA) is 48.2 Å². The Morgan fingerprint density at radius 3 is 2.07 bits per heavy atom. The van der Waals surface area contributed by atoms with Crippen molar-refractivity contribution < 1.29 is 9.15 Å².